The van der Waals surface area contributed by atoms with Crippen molar-refractivity contribution in [3.05, 3.63) is 29.5 Å². The molecule has 1 aromatic carbocycles. The Kier molecular flexibility index (Phi) is 2.11. The molecule has 1 heterocycles. The molecule has 0 atom stereocenters. The number of hydrogen-bond acceptors (Lipinski definition) is 3. The van der Waals surface area contributed by atoms with E-state index >= 15 is 0 Å². The van der Waals surface area contributed by atoms with Crippen molar-refractivity contribution in [1.82, 2.24) is 0 Å². The molecule has 0 bridgehead atoms. The van der Waals surface area contributed by atoms with Crippen LogP contribution in [0.15, 0.2) is 22.6 Å². The largest absolute Gasteiger partial charge is 0.475 e. The van der Waals surface area contributed by atoms with Gasteiger partial charge in [-0.05, 0) is 18.1 Å². The summed E-state index contributed by atoms with van der Waals surface area (Å²) in [6, 6.07) is 5.47. The predicted octanol–water partition coefficient (Wildman–Crippen LogP) is 2.28. The van der Waals surface area contributed by atoms with Crippen LogP contribution >= 0.6 is 0 Å². The number of carboxylic acid groups (broad SMARTS) is 1. The number of aryl methyl sites for hydroxylation is 1. The minimum Gasteiger partial charge on any atom is -0.475 e. The number of carbonyl (C=O) groups is 1. The summed E-state index contributed by atoms with van der Waals surface area (Å²) in [6.07, 6.45) is 0.792. The lowest BCUT2D eigenvalue weighted by molar-refractivity contribution is 0.0666. The maximum absolute atomic E-state index is 10.8. The van der Waals surface area contributed by atoms with Crippen LogP contribution in [0.25, 0.3) is 11.0 Å². The van der Waals surface area contributed by atoms with Crippen molar-refractivity contribution >= 4 is 22.6 Å². The van der Waals surface area contributed by atoms with Gasteiger partial charge in [-0.15, -0.1) is 0 Å². The molecule has 15 heavy (non-hydrogen) atoms. The first-order valence-electron chi connectivity index (χ1n) is 4.68. The van der Waals surface area contributed by atoms with Gasteiger partial charge in [0.2, 0.25) is 5.76 Å². The van der Waals surface area contributed by atoms with E-state index in [1.54, 1.807) is 6.07 Å². The highest BCUT2D eigenvalue weighted by Gasteiger charge is 2.18. The molecule has 3 N–H and O–H groups in total. The zero-order valence-electron chi connectivity index (χ0n) is 8.28. The van der Waals surface area contributed by atoms with Crippen LogP contribution in [0.2, 0.25) is 0 Å². The van der Waals surface area contributed by atoms with Gasteiger partial charge in [0.25, 0.3) is 0 Å². The molecule has 2 aromatic rings. The molecule has 2 rings (SSSR count). The Balaban J connectivity index is 2.82. The van der Waals surface area contributed by atoms with Crippen LogP contribution in [-0.2, 0) is 6.42 Å². The summed E-state index contributed by atoms with van der Waals surface area (Å²) in [6.45, 7) is 1.99. The van der Waals surface area contributed by atoms with Crippen LogP contribution in [0, 0.1) is 0 Å². The van der Waals surface area contributed by atoms with E-state index in [-0.39, 0.29) is 11.4 Å². The minimum absolute atomic E-state index is 0.175. The Labute approximate surface area is 86.3 Å². The van der Waals surface area contributed by atoms with Gasteiger partial charge in [-0.2, -0.15) is 0 Å². The molecule has 0 fully saturated rings. The van der Waals surface area contributed by atoms with Crippen molar-refractivity contribution < 1.29 is 14.3 Å². The lowest BCUT2D eigenvalue weighted by Crippen LogP contribution is -1.98. The van der Waals surface area contributed by atoms with Gasteiger partial charge in [-0.1, -0.05) is 19.1 Å². The normalized spacial score (nSPS) is 10.7. The minimum atomic E-state index is -1.13. The van der Waals surface area contributed by atoms with Crippen LogP contribution in [-0.4, -0.2) is 11.1 Å². The summed E-state index contributed by atoms with van der Waals surface area (Å²) < 4.78 is 5.18. The molecule has 0 radical (unpaired) electrons. The molecule has 4 nitrogen and oxygen atoms in total. The zero-order chi connectivity index (χ0) is 11.0. The molecular weight excluding hydrogens is 194 g/mol. The van der Waals surface area contributed by atoms with Gasteiger partial charge in [-0.3, -0.25) is 0 Å². The SMILES string of the molecule is CCc1cccc2oc(C(=O)O)c(N)c12. The lowest BCUT2D eigenvalue weighted by atomic mass is 10.1. The Hall–Kier alpha value is -1.97. The third-order valence-corrected chi connectivity index (χ3v) is 2.41. The van der Waals surface area contributed by atoms with E-state index in [0.717, 1.165) is 17.4 Å². The van der Waals surface area contributed by atoms with Crippen molar-refractivity contribution in [2.45, 2.75) is 13.3 Å². The molecule has 0 aliphatic rings. The highest BCUT2D eigenvalue weighted by Crippen LogP contribution is 2.31. The molecular formula is C11H11NO3. The summed E-state index contributed by atoms with van der Waals surface area (Å²) in [4.78, 5) is 10.8. The molecule has 0 amide bonds. The van der Waals surface area contributed by atoms with Crippen LogP contribution in [0.4, 0.5) is 5.69 Å². The second-order valence-electron chi connectivity index (χ2n) is 3.29. The number of fused-ring (bicyclic) bond motifs is 1. The summed E-state index contributed by atoms with van der Waals surface area (Å²) in [5.74, 6) is -1.31. The quantitative estimate of drug-likeness (QED) is 0.788. The third kappa shape index (κ3) is 1.34. The number of hydrogen-bond donors (Lipinski definition) is 2. The van der Waals surface area contributed by atoms with Crippen LogP contribution in [0.3, 0.4) is 0 Å². The van der Waals surface area contributed by atoms with Crippen molar-refractivity contribution in [3.8, 4) is 0 Å². The zero-order valence-corrected chi connectivity index (χ0v) is 8.28. The van der Waals surface area contributed by atoms with E-state index in [2.05, 4.69) is 0 Å². The molecule has 0 aliphatic carbocycles. The van der Waals surface area contributed by atoms with E-state index in [1.807, 2.05) is 19.1 Å². The van der Waals surface area contributed by atoms with Crippen molar-refractivity contribution in [3.63, 3.8) is 0 Å². The molecule has 4 heteroatoms. The average Bonchev–Trinajstić information content (AvgIpc) is 2.56. The first-order valence-corrected chi connectivity index (χ1v) is 4.68. The van der Waals surface area contributed by atoms with E-state index in [0.29, 0.717) is 5.58 Å². The standard InChI is InChI=1S/C11H11NO3/c1-2-6-4-3-5-7-8(6)9(12)10(15-7)11(13)14/h3-5H,2,12H2,1H3,(H,13,14). The Morgan fingerprint density at radius 1 is 1.53 bits per heavy atom. The summed E-state index contributed by atoms with van der Waals surface area (Å²) in [7, 11) is 0. The molecule has 78 valence electrons. The number of rotatable bonds is 2. The van der Waals surface area contributed by atoms with E-state index in [4.69, 9.17) is 15.3 Å². The average molecular weight is 205 g/mol. The number of nitrogen functional groups attached to an aromatic ring is 1. The first kappa shape index (κ1) is 9.58. The number of benzene rings is 1. The Morgan fingerprint density at radius 2 is 2.27 bits per heavy atom. The Bertz CT molecular complexity index is 528. The van der Waals surface area contributed by atoms with Gasteiger partial charge in [0.1, 0.15) is 5.58 Å². The molecule has 0 saturated carbocycles. The van der Waals surface area contributed by atoms with Crippen LogP contribution in [0.5, 0.6) is 0 Å². The summed E-state index contributed by atoms with van der Waals surface area (Å²) in [5.41, 5.74) is 7.49. The fourth-order valence-electron chi connectivity index (χ4n) is 1.70. The number of furan rings is 1. The summed E-state index contributed by atoms with van der Waals surface area (Å²) in [5, 5.41) is 9.58. The van der Waals surface area contributed by atoms with Crippen LogP contribution < -0.4 is 5.73 Å². The van der Waals surface area contributed by atoms with Gasteiger partial charge >= 0.3 is 5.97 Å². The smallest absolute Gasteiger partial charge is 0.374 e. The van der Waals surface area contributed by atoms with Crippen molar-refractivity contribution in [1.29, 1.82) is 0 Å². The molecule has 0 unspecified atom stereocenters. The fraction of sp³-hybridized carbons (Fsp3) is 0.182. The van der Waals surface area contributed by atoms with Crippen molar-refractivity contribution in [2.75, 3.05) is 5.73 Å². The second kappa shape index (κ2) is 3.31. The topological polar surface area (TPSA) is 76.5 Å². The predicted molar refractivity (Wildman–Crippen MR) is 57.0 cm³/mol. The summed E-state index contributed by atoms with van der Waals surface area (Å²) >= 11 is 0. The number of nitrogens with two attached hydrogens (primary N) is 1. The monoisotopic (exact) mass is 205 g/mol. The third-order valence-electron chi connectivity index (χ3n) is 2.41. The van der Waals surface area contributed by atoms with Crippen molar-refractivity contribution in [2.24, 2.45) is 0 Å². The van der Waals surface area contributed by atoms with Gasteiger partial charge in [-0.25, -0.2) is 4.79 Å². The highest BCUT2D eigenvalue weighted by atomic mass is 16.4. The van der Waals surface area contributed by atoms with Gasteiger partial charge in [0.15, 0.2) is 0 Å². The van der Waals surface area contributed by atoms with E-state index < -0.39 is 5.97 Å². The van der Waals surface area contributed by atoms with Gasteiger partial charge in [0.05, 0.1) is 5.69 Å². The van der Waals surface area contributed by atoms with Crippen LogP contribution in [0.1, 0.15) is 23.0 Å². The van der Waals surface area contributed by atoms with E-state index in [9.17, 15) is 4.79 Å². The van der Waals surface area contributed by atoms with Gasteiger partial charge < -0.3 is 15.3 Å². The molecule has 0 spiro atoms. The molecule has 1 aromatic heterocycles. The fourth-order valence-corrected chi connectivity index (χ4v) is 1.70. The first-order chi connectivity index (χ1) is 7.15. The number of aromatic carboxylic acids is 1. The maximum Gasteiger partial charge on any atom is 0.374 e. The van der Waals surface area contributed by atoms with E-state index in [1.165, 1.54) is 0 Å². The highest BCUT2D eigenvalue weighted by molar-refractivity contribution is 6.03. The second-order valence-corrected chi connectivity index (χ2v) is 3.29. The Morgan fingerprint density at radius 3 is 2.87 bits per heavy atom. The number of anilines is 1. The van der Waals surface area contributed by atoms with Gasteiger partial charge in [0, 0.05) is 5.39 Å². The lowest BCUT2D eigenvalue weighted by Gasteiger charge is -1.98. The molecule has 0 saturated heterocycles. The maximum atomic E-state index is 10.8. The number of carboxylic acids is 1. The molecule has 0 aliphatic heterocycles.